The van der Waals surface area contributed by atoms with Gasteiger partial charge in [0.15, 0.2) is 0 Å². The second-order valence-electron chi connectivity index (χ2n) is 10.6. The Bertz CT molecular complexity index is 1790. The van der Waals surface area contributed by atoms with Crippen LogP contribution < -0.4 is 4.90 Å². The molecular weight excluding hydrogens is 480 g/mol. The largest absolute Gasteiger partial charge is 0.274 e. The molecule has 0 aromatic heterocycles. The molecule has 1 saturated heterocycles. The van der Waals surface area contributed by atoms with Crippen molar-refractivity contribution >= 4 is 40.2 Å². The maximum Gasteiger partial charge on any atom is 0.239 e. The number of carbonyl (C=O) groups is 2. The van der Waals surface area contributed by atoms with Crippen LogP contribution >= 0.6 is 0 Å². The lowest BCUT2D eigenvalue weighted by atomic mass is 9.47. The van der Waals surface area contributed by atoms with Crippen LogP contribution in [0.2, 0.25) is 0 Å². The van der Waals surface area contributed by atoms with E-state index >= 15 is 0 Å². The molecular formula is C35H24N2O2. The average molecular weight is 505 g/mol. The maximum atomic E-state index is 14.4. The van der Waals surface area contributed by atoms with Gasteiger partial charge in [-0.25, -0.2) is 4.90 Å². The number of fused-ring (bicyclic) bond motifs is 1. The quantitative estimate of drug-likeness (QED) is 0.201. The molecule has 9 rings (SSSR count). The first-order chi connectivity index (χ1) is 19.2. The molecule has 0 N–H and O–H groups in total. The van der Waals surface area contributed by atoms with Gasteiger partial charge in [0.2, 0.25) is 11.8 Å². The summed E-state index contributed by atoms with van der Waals surface area (Å²) in [6.45, 7) is 0. The van der Waals surface area contributed by atoms with E-state index in [-0.39, 0.29) is 17.7 Å². The van der Waals surface area contributed by atoms with Crippen LogP contribution in [0.4, 0.5) is 11.4 Å². The van der Waals surface area contributed by atoms with Gasteiger partial charge in [-0.1, -0.05) is 103 Å². The van der Waals surface area contributed by atoms with E-state index in [2.05, 4.69) is 42.5 Å². The van der Waals surface area contributed by atoms with Crippen molar-refractivity contribution < 1.29 is 9.59 Å². The van der Waals surface area contributed by atoms with Crippen molar-refractivity contribution in [2.24, 2.45) is 16.8 Å². The van der Waals surface area contributed by atoms with Gasteiger partial charge in [0.1, 0.15) is 0 Å². The molecule has 5 aromatic rings. The highest BCUT2D eigenvalue weighted by Gasteiger charge is 2.67. The van der Waals surface area contributed by atoms with E-state index in [1.165, 1.54) is 4.90 Å². The number of carbonyl (C=O) groups excluding carboxylic acids is 2. The van der Waals surface area contributed by atoms with Gasteiger partial charge in [-0.05, 0) is 45.8 Å². The average Bonchev–Trinajstić information content (AvgIpc) is 3.27. The van der Waals surface area contributed by atoms with Crippen molar-refractivity contribution in [2.75, 3.05) is 4.90 Å². The first kappa shape index (κ1) is 22.2. The van der Waals surface area contributed by atoms with Crippen LogP contribution in [0, 0.1) is 11.8 Å². The topological polar surface area (TPSA) is 49.7 Å². The zero-order valence-corrected chi connectivity index (χ0v) is 21.1. The summed E-state index contributed by atoms with van der Waals surface area (Å²) in [7, 11) is 0. The smallest absolute Gasteiger partial charge is 0.239 e. The van der Waals surface area contributed by atoms with Crippen LogP contribution in [0.25, 0.3) is 10.8 Å². The molecule has 39 heavy (non-hydrogen) atoms. The predicted molar refractivity (Wildman–Crippen MR) is 154 cm³/mol. The molecule has 2 bridgehead atoms. The number of imide groups is 1. The number of hydrogen-bond acceptors (Lipinski definition) is 3. The summed E-state index contributed by atoms with van der Waals surface area (Å²) >= 11 is 0. The number of aliphatic imine (C=N–C) groups is 1. The molecule has 186 valence electrons. The Morgan fingerprint density at radius 3 is 2.00 bits per heavy atom. The molecule has 2 amide bonds. The van der Waals surface area contributed by atoms with E-state index in [1.807, 2.05) is 85.1 Å². The number of hydrogen-bond donors (Lipinski definition) is 0. The molecule has 0 radical (unpaired) electrons. The molecule has 3 aliphatic carbocycles. The normalized spacial score (nSPS) is 24.7. The van der Waals surface area contributed by atoms with Crippen molar-refractivity contribution in [1.82, 2.24) is 0 Å². The summed E-state index contributed by atoms with van der Waals surface area (Å²) < 4.78 is 0. The first-order valence-electron chi connectivity index (χ1n) is 13.3. The minimum atomic E-state index is -0.875. The van der Waals surface area contributed by atoms with Gasteiger partial charge in [-0.3, -0.25) is 14.6 Å². The molecule has 0 saturated carbocycles. The van der Waals surface area contributed by atoms with Crippen LogP contribution in [0.3, 0.4) is 0 Å². The van der Waals surface area contributed by atoms with Gasteiger partial charge in [-0.2, -0.15) is 0 Å². The van der Waals surface area contributed by atoms with Crippen LogP contribution in [-0.4, -0.2) is 18.0 Å². The molecule has 0 spiro atoms. The van der Waals surface area contributed by atoms with Gasteiger partial charge >= 0.3 is 0 Å². The first-order valence-corrected chi connectivity index (χ1v) is 13.3. The predicted octanol–water partition coefficient (Wildman–Crippen LogP) is 6.79. The summed E-state index contributed by atoms with van der Waals surface area (Å²) in [5.41, 5.74) is 4.94. The Hall–Kier alpha value is -4.83. The number of para-hydroxylation sites is 1. The number of rotatable bonds is 3. The Morgan fingerprint density at radius 1 is 0.641 bits per heavy atom. The third kappa shape index (κ3) is 2.86. The third-order valence-corrected chi connectivity index (χ3v) is 8.87. The van der Waals surface area contributed by atoms with E-state index in [1.54, 1.807) is 0 Å². The monoisotopic (exact) mass is 504 g/mol. The van der Waals surface area contributed by atoms with Crippen LogP contribution in [0.1, 0.15) is 28.2 Å². The standard InChI is InChI=1S/C35H24N2O2/c38-33-31-30-25-16-6-8-18-27(25)35(28-19-9-7-17-26(28)30,32(31)34(39)37(33)23-13-2-1-3-14-23)21-36-29-20-10-12-22-11-4-5-15-24(22)29/h1-21,30-32H. The van der Waals surface area contributed by atoms with Crippen molar-refractivity contribution in [3.05, 3.63) is 144 Å². The van der Waals surface area contributed by atoms with E-state index in [4.69, 9.17) is 4.99 Å². The maximum absolute atomic E-state index is 14.4. The number of benzene rings is 5. The fraction of sp³-hybridized carbons (Fsp3) is 0.114. The Labute approximate surface area is 226 Å². The van der Waals surface area contributed by atoms with Crippen molar-refractivity contribution in [1.29, 1.82) is 0 Å². The summed E-state index contributed by atoms with van der Waals surface area (Å²) in [5, 5.41) is 2.16. The molecule has 1 fully saturated rings. The minimum Gasteiger partial charge on any atom is -0.274 e. The SMILES string of the molecule is O=C1C2C3c4ccccc4C(C=Nc4cccc5ccccc45)(c4ccccc43)C2C(=O)N1c1ccccc1. The molecule has 4 heteroatoms. The van der Waals surface area contributed by atoms with Gasteiger partial charge in [0, 0.05) is 17.5 Å². The van der Waals surface area contributed by atoms with Gasteiger partial charge < -0.3 is 0 Å². The second kappa shape index (κ2) is 8.08. The number of amides is 2. The van der Waals surface area contributed by atoms with Gasteiger partial charge in [0.25, 0.3) is 0 Å². The van der Waals surface area contributed by atoms with E-state index < -0.39 is 17.3 Å². The Morgan fingerprint density at radius 2 is 1.26 bits per heavy atom. The summed E-state index contributed by atoms with van der Waals surface area (Å²) in [6.07, 6.45) is 1.97. The molecule has 2 unspecified atom stereocenters. The van der Waals surface area contributed by atoms with Gasteiger partial charge in [-0.15, -0.1) is 0 Å². The highest BCUT2D eigenvalue weighted by molar-refractivity contribution is 6.25. The lowest BCUT2D eigenvalue weighted by molar-refractivity contribution is -0.122. The summed E-state index contributed by atoms with van der Waals surface area (Å²) in [4.78, 5) is 35.2. The van der Waals surface area contributed by atoms with Crippen LogP contribution in [0.15, 0.2) is 126 Å². The van der Waals surface area contributed by atoms with Crippen molar-refractivity contribution in [3.8, 4) is 0 Å². The summed E-state index contributed by atoms with van der Waals surface area (Å²) in [5.74, 6) is -1.55. The zero-order chi connectivity index (χ0) is 26.1. The lowest BCUT2D eigenvalue weighted by Crippen LogP contribution is -2.54. The second-order valence-corrected chi connectivity index (χ2v) is 10.6. The number of anilines is 1. The summed E-state index contributed by atoms with van der Waals surface area (Å²) in [6, 6.07) is 40.2. The van der Waals surface area contributed by atoms with Crippen molar-refractivity contribution in [3.63, 3.8) is 0 Å². The fourth-order valence-corrected chi connectivity index (χ4v) is 7.37. The van der Waals surface area contributed by atoms with Crippen LogP contribution in [0.5, 0.6) is 0 Å². The lowest BCUT2D eigenvalue weighted by Gasteiger charge is -2.52. The highest BCUT2D eigenvalue weighted by atomic mass is 16.2. The minimum absolute atomic E-state index is 0.131. The van der Waals surface area contributed by atoms with E-state index in [9.17, 15) is 9.59 Å². The molecule has 5 aromatic carbocycles. The molecule has 4 aliphatic rings. The Balaban J connectivity index is 1.42. The highest BCUT2D eigenvalue weighted by Crippen LogP contribution is 2.63. The number of nitrogens with zero attached hydrogens (tertiary/aromatic N) is 2. The third-order valence-electron chi connectivity index (χ3n) is 8.87. The fourth-order valence-electron chi connectivity index (χ4n) is 7.37. The van der Waals surface area contributed by atoms with E-state index in [0.29, 0.717) is 5.69 Å². The molecule has 1 aliphatic heterocycles. The van der Waals surface area contributed by atoms with Crippen molar-refractivity contribution in [2.45, 2.75) is 11.3 Å². The molecule has 4 nitrogen and oxygen atoms in total. The van der Waals surface area contributed by atoms with Crippen LogP contribution in [-0.2, 0) is 15.0 Å². The van der Waals surface area contributed by atoms with E-state index in [0.717, 1.165) is 38.7 Å². The molecule has 1 heterocycles. The molecule has 2 atom stereocenters. The van der Waals surface area contributed by atoms with Gasteiger partial charge in [0.05, 0.1) is 28.6 Å². The zero-order valence-electron chi connectivity index (χ0n) is 21.1. The Kier molecular flexibility index (Phi) is 4.60.